The summed E-state index contributed by atoms with van der Waals surface area (Å²) in [5, 5.41) is 2.84. The van der Waals surface area contributed by atoms with Crippen LogP contribution in [0.15, 0.2) is 30.3 Å². The normalized spacial score (nSPS) is 18.3. The van der Waals surface area contributed by atoms with Gasteiger partial charge in [0, 0.05) is 12.2 Å². The van der Waals surface area contributed by atoms with E-state index in [-0.39, 0.29) is 17.1 Å². The summed E-state index contributed by atoms with van der Waals surface area (Å²) in [6.45, 7) is 0.505. The monoisotopic (exact) mass is 279 g/mol. The molecule has 1 atom stereocenters. The summed E-state index contributed by atoms with van der Waals surface area (Å²) in [7, 11) is 0. The van der Waals surface area contributed by atoms with E-state index >= 15 is 0 Å². The van der Waals surface area contributed by atoms with Crippen molar-refractivity contribution in [3.8, 4) is 5.75 Å². The maximum absolute atomic E-state index is 11.6. The molecule has 0 unspecified atom stereocenters. The number of nitrogens with one attached hydrogen (secondary N) is 1. The third-order valence-corrected chi connectivity index (χ3v) is 3.84. The second kappa shape index (κ2) is 7.19. The summed E-state index contributed by atoms with van der Waals surface area (Å²) in [6, 6.07) is 9.23. The number of hydrogen-bond acceptors (Lipinski definition) is 4. The van der Waals surface area contributed by atoms with Gasteiger partial charge in [-0.2, -0.15) is 0 Å². The van der Waals surface area contributed by atoms with Crippen LogP contribution in [0.1, 0.15) is 19.3 Å². The highest BCUT2D eigenvalue weighted by molar-refractivity contribution is 8.14. The van der Waals surface area contributed by atoms with Gasteiger partial charge < -0.3 is 10.1 Å². The summed E-state index contributed by atoms with van der Waals surface area (Å²) in [4.78, 5) is 23.0. The first kappa shape index (κ1) is 13.9. The van der Waals surface area contributed by atoms with E-state index in [0.717, 1.165) is 17.9 Å². The zero-order chi connectivity index (χ0) is 13.5. The molecule has 1 amide bonds. The Morgan fingerprint density at radius 1 is 1.37 bits per heavy atom. The zero-order valence-corrected chi connectivity index (χ0v) is 11.4. The fraction of sp³-hybridized carbons (Fsp3) is 0.429. The number of amides is 1. The van der Waals surface area contributed by atoms with Crippen molar-refractivity contribution in [3.63, 3.8) is 0 Å². The molecular weight excluding hydrogens is 262 g/mol. The van der Waals surface area contributed by atoms with Crippen LogP contribution in [0.3, 0.4) is 0 Å². The van der Waals surface area contributed by atoms with Crippen LogP contribution in [0, 0.1) is 0 Å². The third-order valence-electron chi connectivity index (χ3n) is 2.83. The quantitative estimate of drug-likeness (QED) is 0.809. The average molecular weight is 279 g/mol. The number of rotatable bonds is 6. The minimum atomic E-state index is -0.285. The van der Waals surface area contributed by atoms with Gasteiger partial charge >= 0.3 is 0 Å². The Balaban J connectivity index is 1.60. The second-order valence-electron chi connectivity index (χ2n) is 4.34. The van der Waals surface area contributed by atoms with E-state index in [1.807, 2.05) is 30.3 Å². The van der Waals surface area contributed by atoms with E-state index in [0.29, 0.717) is 19.4 Å². The highest BCUT2D eigenvalue weighted by atomic mass is 32.2. The summed E-state index contributed by atoms with van der Waals surface area (Å²) in [5.41, 5.74) is 0. The lowest BCUT2D eigenvalue weighted by atomic mass is 10.2. The van der Waals surface area contributed by atoms with Crippen molar-refractivity contribution in [1.29, 1.82) is 0 Å². The van der Waals surface area contributed by atoms with Crippen molar-refractivity contribution in [2.75, 3.05) is 12.4 Å². The number of carbonyl (C=O) groups is 2. The second-order valence-corrected chi connectivity index (χ2v) is 5.44. The first-order valence-electron chi connectivity index (χ1n) is 6.39. The fourth-order valence-corrected chi connectivity index (χ4v) is 2.77. The fourth-order valence-electron chi connectivity index (χ4n) is 1.83. The van der Waals surface area contributed by atoms with E-state index in [2.05, 4.69) is 5.32 Å². The molecule has 1 aromatic carbocycles. The van der Waals surface area contributed by atoms with E-state index < -0.39 is 0 Å². The number of ether oxygens (including phenoxy) is 1. The number of para-hydroxylation sites is 1. The van der Waals surface area contributed by atoms with E-state index in [1.165, 1.54) is 11.8 Å². The molecule has 0 aromatic heterocycles. The lowest BCUT2D eigenvalue weighted by Crippen LogP contribution is -2.37. The van der Waals surface area contributed by atoms with Crippen molar-refractivity contribution >= 4 is 22.8 Å². The molecule has 0 aliphatic carbocycles. The molecule has 0 bridgehead atoms. The molecule has 0 radical (unpaired) electrons. The molecule has 1 saturated heterocycles. The highest BCUT2D eigenvalue weighted by Crippen LogP contribution is 2.19. The molecule has 19 heavy (non-hydrogen) atoms. The zero-order valence-electron chi connectivity index (χ0n) is 10.6. The van der Waals surface area contributed by atoms with Crippen LogP contribution < -0.4 is 10.1 Å². The van der Waals surface area contributed by atoms with Gasteiger partial charge in [-0.1, -0.05) is 30.0 Å². The van der Waals surface area contributed by atoms with Gasteiger partial charge in [-0.15, -0.1) is 0 Å². The maximum Gasteiger partial charge on any atom is 0.220 e. The number of thioether (sulfide) groups is 1. The summed E-state index contributed by atoms with van der Waals surface area (Å²) in [6.07, 6.45) is 1.78. The average Bonchev–Trinajstić information content (AvgIpc) is 2.82. The first-order valence-corrected chi connectivity index (χ1v) is 7.38. The smallest absolute Gasteiger partial charge is 0.220 e. The molecule has 1 fully saturated rings. The summed E-state index contributed by atoms with van der Waals surface area (Å²) < 4.78 is 5.50. The highest BCUT2D eigenvalue weighted by Gasteiger charge is 2.26. The van der Waals surface area contributed by atoms with Crippen LogP contribution in [-0.4, -0.2) is 29.4 Å². The van der Waals surface area contributed by atoms with E-state index in [1.54, 1.807) is 0 Å². The van der Waals surface area contributed by atoms with Gasteiger partial charge in [0.1, 0.15) is 5.75 Å². The summed E-state index contributed by atoms with van der Waals surface area (Å²) in [5.74, 6) is 1.55. The molecule has 1 aliphatic rings. The Labute approximate surface area is 116 Å². The Hall–Kier alpha value is -1.49. The predicted molar refractivity (Wildman–Crippen MR) is 75.2 cm³/mol. The van der Waals surface area contributed by atoms with Crippen LogP contribution in [0.4, 0.5) is 0 Å². The number of benzene rings is 1. The van der Waals surface area contributed by atoms with Gasteiger partial charge in [0.15, 0.2) is 0 Å². The minimum absolute atomic E-state index is 0.0717. The van der Waals surface area contributed by atoms with Crippen LogP contribution in [-0.2, 0) is 9.59 Å². The molecule has 4 nitrogen and oxygen atoms in total. The molecule has 0 saturated carbocycles. The lowest BCUT2D eigenvalue weighted by Gasteiger charge is -2.10. The maximum atomic E-state index is 11.6. The molecule has 1 aromatic rings. The van der Waals surface area contributed by atoms with E-state index in [9.17, 15) is 9.59 Å². The van der Waals surface area contributed by atoms with Crippen LogP contribution in [0.2, 0.25) is 0 Å². The van der Waals surface area contributed by atoms with Gasteiger partial charge in [-0.05, 0) is 25.0 Å². The van der Waals surface area contributed by atoms with Crippen LogP contribution in [0.25, 0.3) is 0 Å². The molecular formula is C14H17NO3S. The topological polar surface area (TPSA) is 55.4 Å². The Morgan fingerprint density at radius 3 is 2.84 bits per heavy atom. The molecule has 1 heterocycles. The lowest BCUT2D eigenvalue weighted by molar-refractivity contribution is -0.124. The standard InChI is InChI=1S/C14H17NO3S/c16-13(15-12-8-10-19-14(12)17)7-4-9-18-11-5-2-1-3-6-11/h1-3,5-6,12H,4,7-10H2,(H,15,16)/t12-/m0/s1. The number of carbonyl (C=O) groups excluding carboxylic acids is 2. The third kappa shape index (κ3) is 4.59. The van der Waals surface area contributed by atoms with Gasteiger partial charge in [-0.3, -0.25) is 9.59 Å². The van der Waals surface area contributed by atoms with Crippen LogP contribution >= 0.6 is 11.8 Å². The summed E-state index contributed by atoms with van der Waals surface area (Å²) >= 11 is 1.29. The van der Waals surface area contributed by atoms with Crippen molar-refractivity contribution in [2.24, 2.45) is 0 Å². The molecule has 1 aliphatic heterocycles. The SMILES string of the molecule is O=C(CCCOc1ccccc1)N[C@H]1CCSC1=O. The van der Waals surface area contributed by atoms with Crippen molar-refractivity contribution < 1.29 is 14.3 Å². The van der Waals surface area contributed by atoms with Crippen LogP contribution in [0.5, 0.6) is 5.75 Å². The predicted octanol–water partition coefficient (Wildman–Crippen LogP) is 1.99. The molecule has 0 spiro atoms. The van der Waals surface area contributed by atoms with Gasteiger partial charge in [-0.25, -0.2) is 0 Å². The molecule has 5 heteroatoms. The minimum Gasteiger partial charge on any atom is -0.494 e. The largest absolute Gasteiger partial charge is 0.494 e. The first-order chi connectivity index (χ1) is 9.25. The Morgan fingerprint density at radius 2 is 2.16 bits per heavy atom. The molecule has 1 N–H and O–H groups in total. The van der Waals surface area contributed by atoms with E-state index in [4.69, 9.17) is 4.74 Å². The molecule has 2 rings (SSSR count). The Kier molecular flexibility index (Phi) is 5.27. The van der Waals surface area contributed by atoms with Crippen molar-refractivity contribution in [3.05, 3.63) is 30.3 Å². The Bertz CT molecular complexity index is 436. The molecule has 102 valence electrons. The van der Waals surface area contributed by atoms with Crippen molar-refractivity contribution in [1.82, 2.24) is 5.32 Å². The van der Waals surface area contributed by atoms with Crippen molar-refractivity contribution in [2.45, 2.75) is 25.3 Å². The van der Waals surface area contributed by atoms with Gasteiger partial charge in [0.25, 0.3) is 0 Å². The van der Waals surface area contributed by atoms with Gasteiger partial charge in [0.2, 0.25) is 11.0 Å². The van der Waals surface area contributed by atoms with Gasteiger partial charge in [0.05, 0.1) is 12.6 Å². The number of hydrogen-bond donors (Lipinski definition) is 1.